The van der Waals surface area contributed by atoms with Crippen LogP contribution in [0, 0.1) is 6.92 Å². The van der Waals surface area contributed by atoms with Gasteiger partial charge < -0.3 is 10.1 Å². The molecule has 0 unspecified atom stereocenters. The summed E-state index contributed by atoms with van der Waals surface area (Å²) >= 11 is 23.4. The van der Waals surface area contributed by atoms with Gasteiger partial charge in [-0.05, 0) is 28.4 Å². The maximum absolute atomic E-state index is 12.7. The van der Waals surface area contributed by atoms with Crippen molar-refractivity contribution in [2.24, 2.45) is 0 Å². The predicted molar refractivity (Wildman–Crippen MR) is 106 cm³/mol. The number of halogens is 4. The van der Waals surface area contributed by atoms with Gasteiger partial charge in [0.25, 0.3) is 5.91 Å². The molecule has 10 heteroatoms. The molecule has 1 amide bonds. The van der Waals surface area contributed by atoms with Crippen molar-refractivity contribution < 1.29 is 9.53 Å². The highest BCUT2D eigenvalue weighted by molar-refractivity contribution is 9.10. The molecule has 5 nitrogen and oxygen atoms in total. The van der Waals surface area contributed by atoms with Crippen molar-refractivity contribution in [2.75, 3.05) is 12.4 Å². The molecule has 130 valence electrons. The summed E-state index contributed by atoms with van der Waals surface area (Å²) in [5.41, 5.74) is 1.79. The summed E-state index contributed by atoms with van der Waals surface area (Å²) in [6.07, 6.45) is 1.31. The quantitative estimate of drug-likeness (QED) is 0.467. The first kappa shape index (κ1) is 18.7. The van der Waals surface area contributed by atoms with Crippen LogP contribution in [0.3, 0.4) is 0 Å². The van der Waals surface area contributed by atoms with Gasteiger partial charge in [0, 0.05) is 5.38 Å². The Morgan fingerprint density at radius 1 is 1.28 bits per heavy atom. The van der Waals surface area contributed by atoms with E-state index in [4.69, 9.17) is 39.5 Å². The standard InChI is InChI=1S/C15H9BrCl3N3O2S/c1-5-7(16)12(24-2)9(18)11(8(5)17)22-15(23)6-3-25-13-10(6)20-4-21-14(13)19/h3-4H,1-2H3,(H,22,23). The second kappa shape index (κ2) is 7.25. The molecule has 2 aromatic heterocycles. The van der Waals surface area contributed by atoms with Gasteiger partial charge in [0.05, 0.1) is 38.1 Å². The lowest BCUT2D eigenvalue weighted by atomic mass is 10.2. The van der Waals surface area contributed by atoms with Crippen molar-refractivity contribution in [1.29, 1.82) is 0 Å². The van der Waals surface area contributed by atoms with E-state index in [1.165, 1.54) is 24.8 Å². The van der Waals surface area contributed by atoms with Gasteiger partial charge in [-0.15, -0.1) is 11.3 Å². The maximum Gasteiger partial charge on any atom is 0.258 e. The van der Waals surface area contributed by atoms with E-state index in [9.17, 15) is 4.79 Å². The molecular weight excluding hydrogens is 473 g/mol. The van der Waals surface area contributed by atoms with Gasteiger partial charge in [0.2, 0.25) is 0 Å². The molecule has 0 bridgehead atoms. The smallest absolute Gasteiger partial charge is 0.258 e. The van der Waals surface area contributed by atoms with Gasteiger partial charge in [0.1, 0.15) is 16.5 Å². The lowest BCUT2D eigenvalue weighted by Crippen LogP contribution is -2.13. The number of carbonyl (C=O) groups is 1. The molecule has 3 rings (SSSR count). The van der Waals surface area contributed by atoms with Crippen LogP contribution in [0.4, 0.5) is 5.69 Å². The summed E-state index contributed by atoms with van der Waals surface area (Å²) in [6.45, 7) is 1.79. The van der Waals surface area contributed by atoms with E-state index in [1.807, 2.05) is 0 Å². The summed E-state index contributed by atoms with van der Waals surface area (Å²) in [5.74, 6) is -0.0204. The zero-order valence-electron chi connectivity index (χ0n) is 12.8. The molecule has 0 atom stereocenters. The van der Waals surface area contributed by atoms with Crippen molar-refractivity contribution >= 4 is 83.9 Å². The second-order valence-electron chi connectivity index (χ2n) is 4.92. The van der Waals surface area contributed by atoms with Gasteiger partial charge in [0.15, 0.2) is 5.75 Å². The number of hydrogen-bond acceptors (Lipinski definition) is 5. The lowest BCUT2D eigenvalue weighted by molar-refractivity contribution is 0.102. The number of nitrogens with one attached hydrogen (secondary N) is 1. The van der Waals surface area contributed by atoms with Crippen LogP contribution in [0.2, 0.25) is 15.2 Å². The van der Waals surface area contributed by atoms with Gasteiger partial charge >= 0.3 is 0 Å². The van der Waals surface area contributed by atoms with E-state index in [0.29, 0.717) is 41.7 Å². The third-order valence-electron chi connectivity index (χ3n) is 3.49. The van der Waals surface area contributed by atoms with Crippen LogP contribution < -0.4 is 10.1 Å². The van der Waals surface area contributed by atoms with Crippen LogP contribution in [0.5, 0.6) is 5.75 Å². The Bertz CT molecular complexity index is 1010. The number of anilines is 1. The Hall–Kier alpha value is -1.12. The molecule has 3 aromatic rings. The molecule has 0 spiro atoms. The van der Waals surface area contributed by atoms with Gasteiger partial charge in [-0.25, -0.2) is 9.97 Å². The molecule has 1 N–H and O–H groups in total. The number of carbonyl (C=O) groups excluding carboxylic acids is 1. The number of rotatable bonds is 3. The van der Waals surface area contributed by atoms with Crippen LogP contribution in [-0.2, 0) is 0 Å². The fourth-order valence-electron chi connectivity index (χ4n) is 2.21. The largest absolute Gasteiger partial charge is 0.494 e. The topological polar surface area (TPSA) is 64.1 Å². The summed E-state index contributed by atoms with van der Waals surface area (Å²) in [4.78, 5) is 20.8. The molecule has 2 heterocycles. The van der Waals surface area contributed by atoms with E-state index < -0.39 is 5.91 Å². The van der Waals surface area contributed by atoms with Crippen LogP contribution in [0.15, 0.2) is 16.2 Å². The normalized spacial score (nSPS) is 11.0. The maximum atomic E-state index is 12.7. The fourth-order valence-corrected chi connectivity index (χ4v) is 4.74. The predicted octanol–water partition coefficient (Wildman–Crippen LogP) is 5.98. The first-order valence-electron chi connectivity index (χ1n) is 6.76. The molecule has 1 aromatic carbocycles. The minimum Gasteiger partial charge on any atom is -0.494 e. The third kappa shape index (κ3) is 3.19. The highest BCUT2D eigenvalue weighted by Gasteiger charge is 2.23. The van der Waals surface area contributed by atoms with Crippen LogP contribution in [-0.4, -0.2) is 23.0 Å². The molecule has 0 aliphatic heterocycles. The number of fused-ring (bicyclic) bond motifs is 1. The van der Waals surface area contributed by atoms with E-state index in [2.05, 4.69) is 31.2 Å². The van der Waals surface area contributed by atoms with Gasteiger partial charge in [-0.3, -0.25) is 4.79 Å². The first-order valence-corrected chi connectivity index (χ1v) is 9.57. The highest BCUT2D eigenvalue weighted by atomic mass is 79.9. The minimum absolute atomic E-state index is 0.200. The number of aromatic nitrogens is 2. The average molecular weight is 482 g/mol. The van der Waals surface area contributed by atoms with Crippen molar-refractivity contribution in [3.8, 4) is 5.75 Å². The average Bonchev–Trinajstić information content (AvgIpc) is 3.03. The molecule has 0 fully saturated rings. The Balaban J connectivity index is 2.07. The van der Waals surface area contributed by atoms with Crippen LogP contribution in [0.25, 0.3) is 10.2 Å². The number of hydrogen-bond donors (Lipinski definition) is 1. The molecule has 0 saturated heterocycles. The second-order valence-corrected chi connectivity index (χ2v) is 7.71. The third-order valence-corrected chi connectivity index (χ3v) is 6.66. The van der Waals surface area contributed by atoms with Crippen molar-refractivity contribution in [3.63, 3.8) is 0 Å². The fraction of sp³-hybridized carbons (Fsp3) is 0.133. The molecule has 0 radical (unpaired) electrons. The van der Waals surface area contributed by atoms with Gasteiger partial charge in [-0.2, -0.15) is 0 Å². The minimum atomic E-state index is -0.409. The molecule has 0 saturated carbocycles. The van der Waals surface area contributed by atoms with Crippen LogP contribution >= 0.6 is 62.1 Å². The molecular formula is C15H9BrCl3N3O2S. The monoisotopic (exact) mass is 479 g/mol. The molecule has 0 aliphatic rings. The Morgan fingerprint density at radius 3 is 2.68 bits per heavy atom. The Labute approximate surface area is 170 Å². The summed E-state index contributed by atoms with van der Waals surface area (Å²) < 4.78 is 6.55. The number of methoxy groups -OCH3 is 1. The van der Waals surface area contributed by atoms with Crippen molar-refractivity contribution in [2.45, 2.75) is 6.92 Å². The SMILES string of the molecule is COc1c(Cl)c(NC(=O)c2csc3c(Cl)ncnc23)c(Cl)c(C)c1Br. The number of nitrogens with zero attached hydrogens (tertiary/aromatic N) is 2. The van der Waals surface area contributed by atoms with E-state index in [-0.39, 0.29) is 10.7 Å². The van der Waals surface area contributed by atoms with E-state index >= 15 is 0 Å². The highest BCUT2D eigenvalue weighted by Crippen LogP contribution is 2.46. The van der Waals surface area contributed by atoms with Crippen molar-refractivity contribution in [1.82, 2.24) is 9.97 Å². The number of amides is 1. The summed E-state index contributed by atoms with van der Waals surface area (Å²) in [6, 6.07) is 0. The Kier molecular flexibility index (Phi) is 5.41. The van der Waals surface area contributed by atoms with Crippen LogP contribution in [0.1, 0.15) is 15.9 Å². The van der Waals surface area contributed by atoms with E-state index in [0.717, 1.165) is 0 Å². The van der Waals surface area contributed by atoms with Crippen molar-refractivity contribution in [3.05, 3.63) is 42.5 Å². The molecule has 25 heavy (non-hydrogen) atoms. The van der Waals surface area contributed by atoms with Gasteiger partial charge in [-0.1, -0.05) is 34.8 Å². The van der Waals surface area contributed by atoms with E-state index in [1.54, 1.807) is 12.3 Å². The zero-order chi connectivity index (χ0) is 18.3. The number of ether oxygens (including phenoxy) is 1. The lowest BCUT2D eigenvalue weighted by Gasteiger charge is -2.16. The first-order chi connectivity index (χ1) is 11.9. The zero-order valence-corrected chi connectivity index (χ0v) is 17.5. The summed E-state index contributed by atoms with van der Waals surface area (Å²) in [7, 11) is 1.48. The Morgan fingerprint density at radius 2 is 2.00 bits per heavy atom. The number of thiophene rings is 1. The summed E-state index contributed by atoms with van der Waals surface area (Å²) in [5, 5.41) is 5.21. The number of benzene rings is 1. The molecule has 0 aliphatic carbocycles.